The SMILES string of the molecule is CN1CC=C[C@@]2(C)O[C@]34C=CCN(C5CCCCC5)C(=O)C3N(CCCCO)C(=O)[C@@H]4[C@H]2C1=O. The normalized spacial score (nSPS) is 38.1. The zero-order valence-corrected chi connectivity index (χ0v) is 20.3. The third kappa shape index (κ3) is 3.44. The van der Waals surface area contributed by atoms with E-state index in [1.165, 1.54) is 6.42 Å². The largest absolute Gasteiger partial charge is 0.396 e. The Morgan fingerprint density at radius 2 is 1.71 bits per heavy atom. The maximum Gasteiger partial charge on any atom is 0.249 e. The second kappa shape index (κ2) is 8.79. The van der Waals surface area contributed by atoms with Crippen LogP contribution in [0.25, 0.3) is 0 Å². The number of carbonyl (C=O) groups is 3. The number of likely N-dealkylation sites (tertiary alicyclic amines) is 1. The molecule has 1 N–H and O–H groups in total. The highest BCUT2D eigenvalue weighted by molar-refractivity contribution is 6.00. The van der Waals surface area contributed by atoms with E-state index in [0.29, 0.717) is 32.5 Å². The van der Waals surface area contributed by atoms with Crippen molar-refractivity contribution in [3.8, 4) is 0 Å². The minimum absolute atomic E-state index is 0.0363. The van der Waals surface area contributed by atoms with Gasteiger partial charge in [0.25, 0.3) is 0 Å². The smallest absolute Gasteiger partial charge is 0.249 e. The average molecular weight is 472 g/mol. The molecular weight excluding hydrogens is 434 g/mol. The molecule has 4 aliphatic heterocycles. The predicted octanol–water partition coefficient (Wildman–Crippen LogP) is 1.49. The molecular formula is C26H37N3O5. The summed E-state index contributed by atoms with van der Waals surface area (Å²) >= 11 is 0. The van der Waals surface area contributed by atoms with Crippen molar-refractivity contribution in [1.82, 2.24) is 14.7 Å². The van der Waals surface area contributed by atoms with Crippen molar-refractivity contribution in [3.63, 3.8) is 0 Å². The van der Waals surface area contributed by atoms with E-state index in [1.807, 2.05) is 36.1 Å². The Kier molecular flexibility index (Phi) is 6.09. The van der Waals surface area contributed by atoms with Crippen molar-refractivity contribution in [2.75, 3.05) is 33.3 Å². The fourth-order valence-corrected chi connectivity index (χ4v) is 7.02. The summed E-state index contributed by atoms with van der Waals surface area (Å²) in [5, 5.41) is 9.32. The van der Waals surface area contributed by atoms with E-state index in [9.17, 15) is 19.5 Å². The van der Waals surface area contributed by atoms with Crippen LogP contribution in [0.5, 0.6) is 0 Å². The first-order valence-electron chi connectivity index (χ1n) is 12.9. The Morgan fingerprint density at radius 1 is 0.971 bits per heavy atom. The van der Waals surface area contributed by atoms with Crippen LogP contribution in [-0.4, -0.2) is 94.1 Å². The van der Waals surface area contributed by atoms with Gasteiger partial charge in [0.05, 0.1) is 17.4 Å². The van der Waals surface area contributed by atoms with Crippen LogP contribution in [0.4, 0.5) is 0 Å². The Bertz CT molecular complexity index is 912. The van der Waals surface area contributed by atoms with Crippen molar-refractivity contribution in [1.29, 1.82) is 0 Å². The highest BCUT2D eigenvalue weighted by Crippen LogP contribution is 2.57. The summed E-state index contributed by atoms with van der Waals surface area (Å²) < 4.78 is 6.78. The van der Waals surface area contributed by atoms with E-state index in [4.69, 9.17) is 4.74 Å². The second-order valence-corrected chi connectivity index (χ2v) is 10.8. The van der Waals surface area contributed by atoms with Crippen LogP contribution in [0, 0.1) is 11.8 Å². The molecule has 2 saturated heterocycles. The summed E-state index contributed by atoms with van der Waals surface area (Å²) in [6.07, 6.45) is 14.3. The highest BCUT2D eigenvalue weighted by atomic mass is 16.5. The number of nitrogens with zero attached hydrogens (tertiary/aromatic N) is 3. The van der Waals surface area contributed by atoms with Gasteiger partial charge in [0.2, 0.25) is 17.7 Å². The molecule has 5 atom stereocenters. The zero-order valence-electron chi connectivity index (χ0n) is 20.3. The van der Waals surface area contributed by atoms with E-state index >= 15 is 0 Å². The van der Waals surface area contributed by atoms with Gasteiger partial charge >= 0.3 is 0 Å². The third-order valence-electron chi connectivity index (χ3n) is 8.61. The molecule has 186 valence electrons. The Hall–Kier alpha value is -2.19. The minimum Gasteiger partial charge on any atom is -0.396 e. The van der Waals surface area contributed by atoms with Crippen LogP contribution >= 0.6 is 0 Å². The molecule has 1 saturated carbocycles. The number of unbranched alkanes of at least 4 members (excludes halogenated alkanes) is 1. The number of hydrogen-bond acceptors (Lipinski definition) is 5. The Morgan fingerprint density at radius 3 is 2.44 bits per heavy atom. The van der Waals surface area contributed by atoms with Crippen LogP contribution < -0.4 is 0 Å². The van der Waals surface area contributed by atoms with Gasteiger partial charge in [-0.05, 0) is 32.6 Å². The van der Waals surface area contributed by atoms with Crippen LogP contribution in [0.15, 0.2) is 24.3 Å². The fraction of sp³-hybridized carbons (Fsp3) is 0.731. The quantitative estimate of drug-likeness (QED) is 0.485. The number of hydrogen-bond donors (Lipinski definition) is 1. The molecule has 5 rings (SSSR count). The average Bonchev–Trinajstić information content (AvgIpc) is 3.09. The summed E-state index contributed by atoms with van der Waals surface area (Å²) in [5.41, 5.74) is -2.13. The lowest BCUT2D eigenvalue weighted by molar-refractivity contribution is -0.154. The van der Waals surface area contributed by atoms with Crippen LogP contribution in [0.1, 0.15) is 51.9 Å². The Labute approximate surface area is 201 Å². The standard InChI is InChI=1S/C26H37N3O5/c1-25-12-8-14-27(2)22(31)19(25)20-23(32)29(15-6-7-17-30)21-24(33)28(18-10-4-3-5-11-18)16-9-13-26(20,21)34-25/h8-9,12-13,18-21,30H,3-7,10-11,14-17H2,1-2H3/t19-,20-,21?,25+,26-/m0/s1. The van der Waals surface area contributed by atoms with E-state index in [1.54, 1.807) is 16.8 Å². The van der Waals surface area contributed by atoms with E-state index in [2.05, 4.69) is 0 Å². The molecule has 34 heavy (non-hydrogen) atoms. The molecule has 0 aromatic heterocycles. The molecule has 0 aromatic carbocycles. The molecule has 0 bridgehead atoms. The zero-order chi connectivity index (χ0) is 24.1. The number of aliphatic hydroxyl groups is 1. The molecule has 1 aliphatic carbocycles. The fourth-order valence-electron chi connectivity index (χ4n) is 7.02. The summed E-state index contributed by atoms with van der Waals surface area (Å²) in [6, 6.07) is -0.621. The summed E-state index contributed by atoms with van der Waals surface area (Å²) in [5.74, 6) is -1.81. The number of carbonyl (C=O) groups excluding carboxylic acids is 3. The maximum absolute atomic E-state index is 14.2. The van der Waals surface area contributed by atoms with E-state index in [0.717, 1.165) is 25.7 Å². The van der Waals surface area contributed by atoms with Gasteiger partial charge in [-0.15, -0.1) is 0 Å². The molecule has 5 aliphatic rings. The van der Waals surface area contributed by atoms with Crippen molar-refractivity contribution in [3.05, 3.63) is 24.3 Å². The van der Waals surface area contributed by atoms with E-state index < -0.39 is 29.1 Å². The van der Waals surface area contributed by atoms with Gasteiger partial charge < -0.3 is 24.5 Å². The molecule has 8 nitrogen and oxygen atoms in total. The number of ether oxygens (including phenoxy) is 1. The molecule has 3 fully saturated rings. The summed E-state index contributed by atoms with van der Waals surface area (Å²) in [7, 11) is 1.75. The molecule has 0 aromatic rings. The van der Waals surface area contributed by atoms with Gasteiger partial charge in [0, 0.05) is 39.3 Å². The van der Waals surface area contributed by atoms with Crippen molar-refractivity contribution >= 4 is 17.7 Å². The second-order valence-electron chi connectivity index (χ2n) is 10.8. The number of amides is 3. The van der Waals surface area contributed by atoms with Crippen molar-refractivity contribution in [2.24, 2.45) is 11.8 Å². The molecule has 4 heterocycles. The highest BCUT2D eigenvalue weighted by Gasteiger charge is 2.74. The lowest BCUT2D eigenvalue weighted by Crippen LogP contribution is -2.57. The molecule has 8 heteroatoms. The Balaban J connectivity index is 1.58. The van der Waals surface area contributed by atoms with Gasteiger partial charge in [0.15, 0.2) is 0 Å². The monoisotopic (exact) mass is 471 g/mol. The maximum atomic E-state index is 14.2. The molecule has 1 unspecified atom stereocenters. The lowest BCUT2D eigenvalue weighted by Gasteiger charge is -2.40. The molecule has 0 radical (unpaired) electrons. The predicted molar refractivity (Wildman–Crippen MR) is 126 cm³/mol. The first kappa shape index (κ1) is 23.5. The first-order chi connectivity index (χ1) is 16.3. The van der Waals surface area contributed by atoms with Gasteiger partial charge in [-0.3, -0.25) is 14.4 Å². The number of rotatable bonds is 5. The van der Waals surface area contributed by atoms with Gasteiger partial charge in [-0.1, -0.05) is 43.6 Å². The molecule has 3 amide bonds. The lowest BCUT2D eigenvalue weighted by atomic mass is 9.74. The van der Waals surface area contributed by atoms with Gasteiger partial charge in [0.1, 0.15) is 11.6 Å². The number of fused-ring (bicyclic) bond motifs is 2. The van der Waals surface area contributed by atoms with Crippen molar-refractivity contribution < 1.29 is 24.2 Å². The summed E-state index contributed by atoms with van der Waals surface area (Å²) in [6.45, 7) is 3.25. The van der Waals surface area contributed by atoms with Gasteiger partial charge in [-0.25, -0.2) is 0 Å². The number of aliphatic hydroxyl groups excluding tert-OH is 1. The minimum atomic E-state index is -1.17. The number of likely N-dealkylation sites (N-methyl/N-ethyl adjacent to an activating group) is 1. The third-order valence-corrected chi connectivity index (χ3v) is 8.61. The first-order valence-corrected chi connectivity index (χ1v) is 12.9. The van der Waals surface area contributed by atoms with E-state index in [-0.39, 0.29) is 30.4 Å². The van der Waals surface area contributed by atoms with Crippen molar-refractivity contribution in [2.45, 2.75) is 75.2 Å². The van der Waals surface area contributed by atoms with Crippen LogP contribution in [-0.2, 0) is 19.1 Å². The summed E-state index contributed by atoms with van der Waals surface area (Å²) in [4.78, 5) is 47.0. The van der Waals surface area contributed by atoms with Gasteiger partial charge in [-0.2, -0.15) is 0 Å². The molecule has 1 spiro atoms. The topological polar surface area (TPSA) is 90.4 Å². The van der Waals surface area contributed by atoms with Crippen LogP contribution in [0.2, 0.25) is 0 Å². The van der Waals surface area contributed by atoms with Crippen LogP contribution in [0.3, 0.4) is 0 Å².